The van der Waals surface area contributed by atoms with Gasteiger partial charge < -0.3 is 11.1 Å². The van der Waals surface area contributed by atoms with Crippen LogP contribution in [0.15, 0.2) is 18.3 Å². The lowest BCUT2D eigenvalue weighted by Gasteiger charge is -2.09. The molecule has 3 N–H and O–H groups in total. The highest BCUT2D eigenvalue weighted by atomic mass is 16.1. The van der Waals surface area contributed by atoms with Crippen LogP contribution in [0.1, 0.15) is 37.0 Å². The molecule has 0 atom stereocenters. The molecule has 1 aromatic rings. The van der Waals surface area contributed by atoms with Gasteiger partial charge in [-0.2, -0.15) is 0 Å². The molecule has 0 aliphatic heterocycles. The third-order valence-corrected chi connectivity index (χ3v) is 2.32. The normalized spacial score (nSPS) is 10.4. The molecule has 4 nitrogen and oxygen atoms in total. The summed E-state index contributed by atoms with van der Waals surface area (Å²) in [7, 11) is 0. The van der Waals surface area contributed by atoms with E-state index in [0.29, 0.717) is 17.3 Å². The van der Waals surface area contributed by atoms with E-state index in [2.05, 4.69) is 24.1 Å². The zero-order chi connectivity index (χ0) is 12.0. The first-order chi connectivity index (χ1) is 7.61. The van der Waals surface area contributed by atoms with Crippen molar-refractivity contribution in [3.05, 3.63) is 23.9 Å². The number of amides is 1. The Balaban J connectivity index is 2.50. The van der Waals surface area contributed by atoms with Gasteiger partial charge in [-0.3, -0.25) is 4.79 Å². The van der Waals surface area contributed by atoms with Gasteiger partial charge in [0.15, 0.2) is 0 Å². The first kappa shape index (κ1) is 12.5. The number of anilines is 1. The van der Waals surface area contributed by atoms with Crippen molar-refractivity contribution in [1.29, 1.82) is 0 Å². The molecule has 1 aromatic heterocycles. The molecule has 0 fully saturated rings. The quantitative estimate of drug-likeness (QED) is 0.722. The summed E-state index contributed by atoms with van der Waals surface area (Å²) in [6.45, 7) is 5.20. The van der Waals surface area contributed by atoms with E-state index in [-0.39, 0.29) is 0 Å². The maximum absolute atomic E-state index is 11.1. The summed E-state index contributed by atoms with van der Waals surface area (Å²) in [4.78, 5) is 15.2. The van der Waals surface area contributed by atoms with Crippen LogP contribution in [-0.2, 0) is 0 Å². The third-order valence-electron chi connectivity index (χ3n) is 2.32. The van der Waals surface area contributed by atoms with E-state index in [1.807, 2.05) is 0 Å². The van der Waals surface area contributed by atoms with Gasteiger partial charge in [0.05, 0.1) is 5.56 Å². The molecule has 0 aliphatic carbocycles. The second-order valence-corrected chi connectivity index (χ2v) is 4.23. The Hall–Kier alpha value is -1.58. The number of hydrogen-bond acceptors (Lipinski definition) is 3. The lowest BCUT2D eigenvalue weighted by Crippen LogP contribution is -2.16. The number of carbonyl (C=O) groups excluding carboxylic acids is 1. The van der Waals surface area contributed by atoms with Crippen molar-refractivity contribution in [2.24, 2.45) is 11.7 Å². The average Bonchev–Trinajstić information content (AvgIpc) is 2.24. The number of hydrogen-bond donors (Lipinski definition) is 2. The van der Waals surface area contributed by atoms with Crippen molar-refractivity contribution < 1.29 is 4.79 Å². The molecule has 16 heavy (non-hydrogen) atoms. The fraction of sp³-hybridized carbons (Fsp3) is 0.500. The summed E-state index contributed by atoms with van der Waals surface area (Å²) in [5.74, 6) is 0.833. The average molecular weight is 221 g/mol. The standard InChI is InChI=1S/C12H19N3O/c1-9(2)5-3-7-14-12-10(11(13)16)6-4-8-15-12/h4,6,8-9H,3,5,7H2,1-2H3,(H2,13,16)(H,14,15). The largest absolute Gasteiger partial charge is 0.369 e. The second kappa shape index (κ2) is 6.10. The SMILES string of the molecule is CC(C)CCCNc1ncccc1C(N)=O. The van der Waals surface area contributed by atoms with E-state index < -0.39 is 5.91 Å². The fourth-order valence-electron chi connectivity index (χ4n) is 1.46. The van der Waals surface area contributed by atoms with Gasteiger partial charge in [0.2, 0.25) is 0 Å². The Morgan fingerprint density at radius 3 is 2.94 bits per heavy atom. The Morgan fingerprint density at radius 1 is 1.56 bits per heavy atom. The van der Waals surface area contributed by atoms with Gasteiger partial charge >= 0.3 is 0 Å². The summed E-state index contributed by atoms with van der Waals surface area (Å²) in [5, 5.41) is 3.14. The summed E-state index contributed by atoms with van der Waals surface area (Å²) in [6.07, 6.45) is 3.87. The van der Waals surface area contributed by atoms with Gasteiger partial charge in [-0.1, -0.05) is 13.8 Å². The second-order valence-electron chi connectivity index (χ2n) is 4.23. The Kier molecular flexibility index (Phi) is 4.76. The van der Waals surface area contributed by atoms with E-state index in [4.69, 9.17) is 5.73 Å². The van der Waals surface area contributed by atoms with Crippen molar-refractivity contribution in [3.63, 3.8) is 0 Å². The van der Waals surface area contributed by atoms with Gasteiger partial charge in [0, 0.05) is 12.7 Å². The minimum atomic E-state index is -0.445. The van der Waals surface area contributed by atoms with Crippen LogP contribution >= 0.6 is 0 Å². The maximum atomic E-state index is 11.1. The molecule has 0 aromatic carbocycles. The fourth-order valence-corrected chi connectivity index (χ4v) is 1.46. The molecular formula is C12H19N3O. The molecule has 0 unspecified atom stereocenters. The van der Waals surface area contributed by atoms with Crippen LogP contribution in [-0.4, -0.2) is 17.4 Å². The van der Waals surface area contributed by atoms with Crippen LogP contribution in [0.4, 0.5) is 5.82 Å². The van der Waals surface area contributed by atoms with E-state index >= 15 is 0 Å². The molecular weight excluding hydrogens is 202 g/mol. The molecule has 0 aliphatic rings. The predicted octanol–water partition coefficient (Wildman–Crippen LogP) is 2.03. The Bertz CT molecular complexity index is 350. The third kappa shape index (κ3) is 3.88. The smallest absolute Gasteiger partial charge is 0.252 e. The first-order valence-corrected chi connectivity index (χ1v) is 5.60. The van der Waals surface area contributed by atoms with Gasteiger partial charge in [-0.05, 0) is 30.9 Å². The molecule has 1 rings (SSSR count). The Labute approximate surface area is 96.3 Å². The summed E-state index contributed by atoms with van der Waals surface area (Å²) in [6, 6.07) is 3.39. The summed E-state index contributed by atoms with van der Waals surface area (Å²) < 4.78 is 0. The molecule has 1 heterocycles. The van der Waals surface area contributed by atoms with Crippen LogP contribution in [0, 0.1) is 5.92 Å². The number of nitrogens with two attached hydrogens (primary N) is 1. The van der Waals surface area contributed by atoms with E-state index in [9.17, 15) is 4.79 Å². The summed E-state index contributed by atoms with van der Waals surface area (Å²) >= 11 is 0. The van der Waals surface area contributed by atoms with Crippen LogP contribution < -0.4 is 11.1 Å². The molecule has 0 saturated heterocycles. The molecule has 0 radical (unpaired) electrons. The highest BCUT2D eigenvalue weighted by molar-refractivity contribution is 5.97. The molecule has 4 heteroatoms. The number of nitrogens with zero attached hydrogens (tertiary/aromatic N) is 1. The molecule has 0 spiro atoms. The van der Waals surface area contributed by atoms with Gasteiger partial charge in [0.25, 0.3) is 5.91 Å². The van der Waals surface area contributed by atoms with Crippen LogP contribution in [0.5, 0.6) is 0 Å². The summed E-state index contributed by atoms with van der Waals surface area (Å²) in [5.41, 5.74) is 5.70. The van der Waals surface area contributed by atoms with E-state index in [0.717, 1.165) is 19.4 Å². The molecule has 0 saturated carbocycles. The maximum Gasteiger partial charge on any atom is 0.252 e. The highest BCUT2D eigenvalue weighted by Gasteiger charge is 2.07. The van der Waals surface area contributed by atoms with Crippen LogP contribution in [0.2, 0.25) is 0 Å². The van der Waals surface area contributed by atoms with Gasteiger partial charge in [0.1, 0.15) is 5.82 Å². The molecule has 0 bridgehead atoms. The first-order valence-electron chi connectivity index (χ1n) is 5.60. The lowest BCUT2D eigenvalue weighted by atomic mass is 10.1. The van der Waals surface area contributed by atoms with Crippen molar-refractivity contribution in [2.45, 2.75) is 26.7 Å². The highest BCUT2D eigenvalue weighted by Crippen LogP contribution is 2.11. The van der Waals surface area contributed by atoms with Crippen LogP contribution in [0.25, 0.3) is 0 Å². The minimum Gasteiger partial charge on any atom is -0.369 e. The monoisotopic (exact) mass is 221 g/mol. The number of nitrogens with one attached hydrogen (secondary N) is 1. The van der Waals surface area contributed by atoms with Crippen LogP contribution in [0.3, 0.4) is 0 Å². The lowest BCUT2D eigenvalue weighted by molar-refractivity contribution is 0.100. The van der Waals surface area contributed by atoms with E-state index in [1.165, 1.54) is 0 Å². The minimum absolute atomic E-state index is 0.445. The Morgan fingerprint density at radius 2 is 2.31 bits per heavy atom. The van der Waals surface area contributed by atoms with Crippen molar-refractivity contribution in [2.75, 3.05) is 11.9 Å². The molecule has 1 amide bonds. The zero-order valence-electron chi connectivity index (χ0n) is 9.86. The number of pyridine rings is 1. The number of carbonyl (C=O) groups is 1. The van der Waals surface area contributed by atoms with Crippen molar-refractivity contribution in [3.8, 4) is 0 Å². The number of primary amides is 1. The number of aromatic nitrogens is 1. The van der Waals surface area contributed by atoms with E-state index in [1.54, 1.807) is 18.3 Å². The molecule has 88 valence electrons. The number of rotatable bonds is 6. The van der Waals surface area contributed by atoms with Crippen molar-refractivity contribution >= 4 is 11.7 Å². The topological polar surface area (TPSA) is 68.0 Å². The van der Waals surface area contributed by atoms with Gasteiger partial charge in [-0.15, -0.1) is 0 Å². The van der Waals surface area contributed by atoms with Gasteiger partial charge in [-0.25, -0.2) is 4.98 Å². The van der Waals surface area contributed by atoms with Crippen molar-refractivity contribution in [1.82, 2.24) is 4.98 Å². The zero-order valence-corrected chi connectivity index (χ0v) is 9.86. The predicted molar refractivity (Wildman–Crippen MR) is 65.3 cm³/mol.